The molecule has 2 N–H and O–H groups in total. The fraction of sp³-hybridized carbons (Fsp3) is 0.250. The van der Waals surface area contributed by atoms with Crippen molar-refractivity contribution in [2.75, 3.05) is 11.9 Å². The predicted octanol–water partition coefficient (Wildman–Crippen LogP) is 3.37. The molecule has 0 heterocycles. The van der Waals surface area contributed by atoms with E-state index in [0.717, 1.165) is 11.3 Å². The van der Waals surface area contributed by atoms with Crippen molar-refractivity contribution in [3.8, 4) is 0 Å². The Morgan fingerprint density at radius 3 is 1.95 bits per heavy atom. The predicted molar refractivity (Wildman–Crippen MR) is 75.6 cm³/mol. The van der Waals surface area contributed by atoms with Crippen LogP contribution in [0.5, 0.6) is 0 Å². The van der Waals surface area contributed by atoms with E-state index in [1.165, 1.54) is 24.3 Å². The first-order valence-electron chi connectivity index (χ1n) is 6.40. The van der Waals surface area contributed by atoms with Gasteiger partial charge in [0.05, 0.1) is 12.1 Å². The molecule has 106 valence electrons. The van der Waals surface area contributed by atoms with Crippen LogP contribution in [0.2, 0.25) is 0 Å². The summed E-state index contributed by atoms with van der Waals surface area (Å²) in [7, 11) is 0. The molecule has 2 aromatic rings. The third-order valence-corrected chi connectivity index (χ3v) is 3.15. The van der Waals surface area contributed by atoms with Crippen LogP contribution in [-0.4, -0.2) is 17.3 Å². The van der Waals surface area contributed by atoms with E-state index in [-0.39, 0.29) is 18.2 Å². The van der Waals surface area contributed by atoms with Gasteiger partial charge in [0.2, 0.25) is 0 Å². The molecule has 20 heavy (non-hydrogen) atoms. The van der Waals surface area contributed by atoms with Gasteiger partial charge in [-0.15, -0.1) is 0 Å². The lowest BCUT2D eigenvalue weighted by atomic mass is 9.93. The zero-order valence-electron chi connectivity index (χ0n) is 11.2. The van der Waals surface area contributed by atoms with Crippen LogP contribution in [0, 0.1) is 11.6 Å². The first-order valence-corrected chi connectivity index (χ1v) is 6.40. The van der Waals surface area contributed by atoms with Crippen molar-refractivity contribution in [1.29, 1.82) is 0 Å². The minimum absolute atomic E-state index is 0.0955. The minimum Gasteiger partial charge on any atom is -0.394 e. The van der Waals surface area contributed by atoms with Gasteiger partial charge < -0.3 is 10.4 Å². The van der Waals surface area contributed by atoms with E-state index in [0.29, 0.717) is 6.42 Å². The zero-order valence-corrected chi connectivity index (χ0v) is 11.2. The molecule has 2 rings (SSSR count). The maximum absolute atomic E-state index is 12.9. The second-order valence-corrected chi connectivity index (χ2v) is 5.15. The van der Waals surface area contributed by atoms with Gasteiger partial charge in [0.1, 0.15) is 11.6 Å². The molecule has 0 spiro atoms. The Morgan fingerprint density at radius 2 is 1.45 bits per heavy atom. The van der Waals surface area contributed by atoms with Gasteiger partial charge in [-0.25, -0.2) is 8.78 Å². The van der Waals surface area contributed by atoms with Crippen LogP contribution >= 0.6 is 0 Å². The topological polar surface area (TPSA) is 32.3 Å². The molecule has 1 atom stereocenters. The molecule has 0 bridgehead atoms. The minimum atomic E-state index is -0.602. The Bertz CT molecular complexity index is 504. The van der Waals surface area contributed by atoms with Crippen molar-refractivity contribution in [3.63, 3.8) is 0 Å². The van der Waals surface area contributed by atoms with Crippen molar-refractivity contribution in [2.45, 2.75) is 18.9 Å². The van der Waals surface area contributed by atoms with E-state index in [1.54, 1.807) is 24.3 Å². The SMILES string of the molecule is CC(CO)(Cc1ccc(F)cc1)Nc1ccc(F)cc1. The number of anilines is 1. The monoisotopic (exact) mass is 277 g/mol. The van der Waals surface area contributed by atoms with Gasteiger partial charge in [-0.1, -0.05) is 12.1 Å². The number of nitrogens with one attached hydrogen (secondary N) is 1. The molecule has 4 heteroatoms. The van der Waals surface area contributed by atoms with Crippen LogP contribution < -0.4 is 5.32 Å². The van der Waals surface area contributed by atoms with Gasteiger partial charge in [-0.2, -0.15) is 0 Å². The largest absolute Gasteiger partial charge is 0.394 e. The van der Waals surface area contributed by atoms with Crippen molar-refractivity contribution >= 4 is 5.69 Å². The maximum Gasteiger partial charge on any atom is 0.123 e. The molecule has 2 nitrogen and oxygen atoms in total. The van der Waals surface area contributed by atoms with Gasteiger partial charge in [0, 0.05) is 5.69 Å². The van der Waals surface area contributed by atoms with Gasteiger partial charge >= 0.3 is 0 Å². The second-order valence-electron chi connectivity index (χ2n) is 5.15. The van der Waals surface area contributed by atoms with Crippen LogP contribution in [0.15, 0.2) is 48.5 Å². The summed E-state index contributed by atoms with van der Waals surface area (Å²) in [6, 6.07) is 12.1. The molecule has 0 fully saturated rings. The molecule has 0 saturated heterocycles. The number of halogens is 2. The number of rotatable bonds is 5. The summed E-state index contributed by atoms with van der Waals surface area (Å²) >= 11 is 0. The quantitative estimate of drug-likeness (QED) is 0.878. The Balaban J connectivity index is 2.12. The van der Waals surface area contributed by atoms with Crippen LogP contribution in [0.1, 0.15) is 12.5 Å². The summed E-state index contributed by atoms with van der Waals surface area (Å²) in [5, 5.41) is 12.8. The molecule has 0 aliphatic carbocycles. The van der Waals surface area contributed by atoms with Crippen LogP contribution in [0.4, 0.5) is 14.5 Å². The fourth-order valence-corrected chi connectivity index (χ4v) is 2.07. The van der Waals surface area contributed by atoms with Crippen molar-refractivity contribution in [1.82, 2.24) is 0 Å². The highest BCUT2D eigenvalue weighted by atomic mass is 19.1. The highest BCUT2D eigenvalue weighted by Gasteiger charge is 2.23. The molecule has 0 aliphatic heterocycles. The molecule has 2 aromatic carbocycles. The van der Waals surface area contributed by atoms with E-state index in [2.05, 4.69) is 5.32 Å². The van der Waals surface area contributed by atoms with E-state index >= 15 is 0 Å². The number of aliphatic hydroxyl groups excluding tert-OH is 1. The van der Waals surface area contributed by atoms with E-state index in [4.69, 9.17) is 0 Å². The lowest BCUT2D eigenvalue weighted by Crippen LogP contribution is -2.41. The highest BCUT2D eigenvalue weighted by Crippen LogP contribution is 2.20. The summed E-state index contributed by atoms with van der Waals surface area (Å²) < 4.78 is 25.8. The number of benzene rings is 2. The standard InChI is InChI=1S/C16H17F2NO/c1-16(11-20,10-12-2-4-13(17)5-3-12)19-15-8-6-14(18)7-9-15/h2-9,19-20H,10-11H2,1H3. The zero-order chi connectivity index (χ0) is 14.6. The highest BCUT2D eigenvalue weighted by molar-refractivity contribution is 5.46. The van der Waals surface area contributed by atoms with Crippen molar-refractivity contribution in [3.05, 3.63) is 65.7 Å². The number of hydrogen-bond acceptors (Lipinski definition) is 2. The summed E-state index contributed by atoms with van der Waals surface area (Å²) in [5.74, 6) is -0.592. The number of hydrogen-bond donors (Lipinski definition) is 2. The number of aliphatic hydroxyl groups is 1. The first kappa shape index (κ1) is 14.5. The molecular weight excluding hydrogens is 260 g/mol. The van der Waals surface area contributed by atoms with Crippen LogP contribution in [-0.2, 0) is 6.42 Å². The molecule has 0 radical (unpaired) electrons. The average Bonchev–Trinajstić information content (AvgIpc) is 2.44. The van der Waals surface area contributed by atoms with E-state index in [1.807, 2.05) is 6.92 Å². The lowest BCUT2D eigenvalue weighted by Gasteiger charge is -2.30. The molecule has 0 aromatic heterocycles. The second kappa shape index (κ2) is 6.01. The third-order valence-electron chi connectivity index (χ3n) is 3.15. The van der Waals surface area contributed by atoms with Gasteiger partial charge in [-0.3, -0.25) is 0 Å². The molecular formula is C16H17F2NO. The average molecular weight is 277 g/mol. The van der Waals surface area contributed by atoms with Crippen LogP contribution in [0.3, 0.4) is 0 Å². The molecule has 0 amide bonds. The molecule has 0 saturated carbocycles. The smallest absolute Gasteiger partial charge is 0.123 e. The Hall–Kier alpha value is -1.94. The van der Waals surface area contributed by atoms with Gasteiger partial charge in [-0.05, 0) is 55.3 Å². The Labute approximate surface area is 117 Å². The Morgan fingerprint density at radius 1 is 0.950 bits per heavy atom. The normalized spacial score (nSPS) is 13.8. The summed E-state index contributed by atoms with van der Waals surface area (Å²) in [6.45, 7) is 1.77. The fourth-order valence-electron chi connectivity index (χ4n) is 2.07. The summed E-state index contributed by atoms with van der Waals surface area (Å²) in [5.41, 5.74) is 1.04. The molecule has 1 unspecified atom stereocenters. The maximum atomic E-state index is 12.9. The lowest BCUT2D eigenvalue weighted by molar-refractivity contribution is 0.222. The van der Waals surface area contributed by atoms with Crippen LogP contribution in [0.25, 0.3) is 0 Å². The molecule has 0 aliphatic rings. The van der Waals surface area contributed by atoms with Crippen molar-refractivity contribution in [2.24, 2.45) is 0 Å². The van der Waals surface area contributed by atoms with Gasteiger partial charge in [0.25, 0.3) is 0 Å². The first-order chi connectivity index (χ1) is 9.50. The summed E-state index contributed by atoms with van der Waals surface area (Å²) in [6.07, 6.45) is 0.529. The van der Waals surface area contributed by atoms with E-state index in [9.17, 15) is 13.9 Å². The summed E-state index contributed by atoms with van der Waals surface area (Å²) in [4.78, 5) is 0. The Kier molecular flexibility index (Phi) is 4.35. The van der Waals surface area contributed by atoms with Crippen molar-refractivity contribution < 1.29 is 13.9 Å². The van der Waals surface area contributed by atoms with Gasteiger partial charge in [0.15, 0.2) is 0 Å². The third kappa shape index (κ3) is 3.78. The van der Waals surface area contributed by atoms with E-state index < -0.39 is 5.54 Å².